The van der Waals surface area contributed by atoms with Crippen molar-refractivity contribution in [3.8, 4) is 0 Å². The lowest BCUT2D eigenvalue weighted by atomic mass is 10.1. The van der Waals surface area contributed by atoms with Gasteiger partial charge in [0, 0.05) is 5.39 Å². The van der Waals surface area contributed by atoms with Gasteiger partial charge in [-0.3, -0.25) is 4.55 Å². The maximum Gasteiger partial charge on any atom is 0.295 e. The van der Waals surface area contributed by atoms with Crippen LogP contribution in [0.4, 0.5) is 17.8 Å². The Morgan fingerprint density at radius 1 is 0.783 bits per heavy atom. The van der Waals surface area contributed by atoms with Crippen molar-refractivity contribution in [2.75, 3.05) is 17.2 Å². The second-order valence-corrected chi connectivity index (χ2v) is 5.75. The second-order valence-electron chi connectivity index (χ2n) is 4.36. The van der Waals surface area contributed by atoms with E-state index in [0.29, 0.717) is 5.39 Å². The van der Waals surface area contributed by atoms with E-state index in [1.165, 1.54) is 6.07 Å². The van der Waals surface area contributed by atoms with E-state index in [4.69, 9.17) is 21.8 Å². The molecule has 1 aromatic heterocycles. The summed E-state index contributed by atoms with van der Waals surface area (Å²) in [6, 6.07) is 11.8. The molecular weight excluding hydrogens is 320 g/mol. The summed E-state index contributed by atoms with van der Waals surface area (Å²) in [5, 5.41) is 1.33. The highest BCUT2D eigenvalue weighted by atomic mass is 32.2. The maximum absolute atomic E-state index is 11.0. The Hall–Kier alpha value is -2.98. The minimum atomic E-state index is -4.13. The van der Waals surface area contributed by atoms with Gasteiger partial charge in [0.05, 0.1) is 0 Å². The minimum Gasteiger partial charge on any atom is -0.368 e. The number of rotatable bonds is 1. The van der Waals surface area contributed by atoms with Crippen LogP contribution < -0.4 is 17.2 Å². The van der Waals surface area contributed by atoms with Gasteiger partial charge >= 0.3 is 0 Å². The lowest BCUT2D eigenvalue weighted by Crippen LogP contribution is -2.05. The monoisotopic (exact) mass is 334 g/mol. The predicted octanol–water partition coefficient (Wildman–Crippen LogP) is 0.705. The Morgan fingerprint density at radius 2 is 1.26 bits per heavy atom. The lowest BCUT2D eigenvalue weighted by Gasteiger charge is -2.02. The molecule has 9 nitrogen and oxygen atoms in total. The highest BCUT2D eigenvalue weighted by molar-refractivity contribution is 7.86. The fraction of sp³-hybridized carbons (Fsp3) is 0. The van der Waals surface area contributed by atoms with Crippen molar-refractivity contribution in [3.05, 3.63) is 42.5 Å². The van der Waals surface area contributed by atoms with Crippen LogP contribution in [-0.4, -0.2) is 27.9 Å². The molecule has 0 aliphatic heterocycles. The molecule has 0 radical (unpaired) electrons. The standard InChI is InChI=1S/C10H8O3S.C3H6N6/c11-14(12,13)10-7-3-5-8-4-1-2-6-9(8)10;4-1-7-2(5)9-3(6)8-1/h1-7H,(H,11,12,13);(H6,4,5,6,7,8,9). The molecule has 0 fully saturated rings. The first-order chi connectivity index (χ1) is 10.8. The van der Waals surface area contributed by atoms with Crippen LogP contribution in [0.15, 0.2) is 47.4 Å². The Labute approximate surface area is 131 Å². The molecule has 2 aromatic carbocycles. The second kappa shape index (κ2) is 6.42. The number of hydrogen-bond donors (Lipinski definition) is 4. The number of anilines is 3. The Balaban J connectivity index is 0.000000185. The van der Waals surface area contributed by atoms with E-state index < -0.39 is 10.1 Å². The largest absolute Gasteiger partial charge is 0.368 e. The summed E-state index contributed by atoms with van der Waals surface area (Å²) in [6.07, 6.45) is 0. The molecule has 120 valence electrons. The van der Waals surface area contributed by atoms with Crippen LogP contribution in [0.1, 0.15) is 0 Å². The van der Waals surface area contributed by atoms with Gasteiger partial charge in [0.15, 0.2) is 0 Å². The molecule has 0 aliphatic rings. The summed E-state index contributed by atoms with van der Waals surface area (Å²) in [7, 11) is -4.13. The first-order valence-corrected chi connectivity index (χ1v) is 7.69. The van der Waals surface area contributed by atoms with Gasteiger partial charge in [0.25, 0.3) is 10.1 Å². The van der Waals surface area contributed by atoms with Gasteiger partial charge in [-0.15, -0.1) is 0 Å². The van der Waals surface area contributed by atoms with Crippen molar-refractivity contribution in [2.45, 2.75) is 4.90 Å². The van der Waals surface area contributed by atoms with Crippen molar-refractivity contribution >= 4 is 38.7 Å². The third-order valence-electron chi connectivity index (χ3n) is 2.71. The van der Waals surface area contributed by atoms with Crippen LogP contribution in [0, 0.1) is 0 Å². The summed E-state index contributed by atoms with van der Waals surface area (Å²) >= 11 is 0. The molecule has 7 N–H and O–H groups in total. The van der Waals surface area contributed by atoms with E-state index >= 15 is 0 Å². The highest BCUT2D eigenvalue weighted by Crippen LogP contribution is 2.21. The quantitative estimate of drug-likeness (QED) is 0.467. The lowest BCUT2D eigenvalue weighted by molar-refractivity contribution is 0.484. The Morgan fingerprint density at radius 3 is 1.78 bits per heavy atom. The van der Waals surface area contributed by atoms with Crippen LogP contribution in [0.3, 0.4) is 0 Å². The molecular formula is C13H14N6O3S. The fourth-order valence-corrected chi connectivity index (χ4v) is 2.56. The summed E-state index contributed by atoms with van der Waals surface area (Å²) in [5.74, 6) is 0.125. The van der Waals surface area contributed by atoms with Gasteiger partial charge in [-0.05, 0) is 11.5 Å². The number of benzene rings is 2. The number of hydrogen-bond acceptors (Lipinski definition) is 8. The maximum atomic E-state index is 11.0. The summed E-state index contributed by atoms with van der Waals surface area (Å²) in [5.41, 5.74) is 15.4. The van der Waals surface area contributed by atoms with E-state index in [9.17, 15) is 8.42 Å². The molecule has 0 atom stereocenters. The molecule has 3 aromatic rings. The SMILES string of the molecule is Nc1nc(N)nc(N)n1.O=S(=O)(O)c1cccc2ccccc12. The van der Waals surface area contributed by atoms with Crippen LogP contribution in [0.25, 0.3) is 10.8 Å². The van der Waals surface area contributed by atoms with Crippen LogP contribution >= 0.6 is 0 Å². The van der Waals surface area contributed by atoms with Crippen LogP contribution in [0.5, 0.6) is 0 Å². The first kappa shape index (κ1) is 16.4. The van der Waals surface area contributed by atoms with Gasteiger partial charge in [-0.1, -0.05) is 36.4 Å². The van der Waals surface area contributed by atoms with Crippen LogP contribution in [0.2, 0.25) is 0 Å². The van der Waals surface area contributed by atoms with Gasteiger partial charge in [-0.25, -0.2) is 0 Å². The minimum absolute atomic E-state index is 0.0417. The van der Waals surface area contributed by atoms with Crippen molar-refractivity contribution < 1.29 is 13.0 Å². The van der Waals surface area contributed by atoms with Crippen molar-refractivity contribution in [2.24, 2.45) is 0 Å². The van der Waals surface area contributed by atoms with Gasteiger partial charge in [0.2, 0.25) is 17.8 Å². The molecule has 0 unspecified atom stereocenters. The molecule has 10 heteroatoms. The highest BCUT2D eigenvalue weighted by Gasteiger charge is 2.12. The van der Waals surface area contributed by atoms with Crippen molar-refractivity contribution in [3.63, 3.8) is 0 Å². The zero-order chi connectivity index (χ0) is 17.0. The van der Waals surface area contributed by atoms with Gasteiger partial charge in [-0.2, -0.15) is 23.4 Å². The van der Waals surface area contributed by atoms with Gasteiger partial charge < -0.3 is 17.2 Å². The third-order valence-corrected chi connectivity index (χ3v) is 3.63. The van der Waals surface area contributed by atoms with Gasteiger partial charge in [0.1, 0.15) is 4.90 Å². The summed E-state index contributed by atoms with van der Waals surface area (Å²) < 4.78 is 31.0. The topological polar surface area (TPSA) is 171 Å². The van der Waals surface area contributed by atoms with Crippen LogP contribution in [-0.2, 0) is 10.1 Å². The fourth-order valence-electron chi connectivity index (χ4n) is 1.85. The average molecular weight is 334 g/mol. The van der Waals surface area contributed by atoms with E-state index in [0.717, 1.165) is 5.39 Å². The number of aromatic nitrogens is 3. The van der Waals surface area contributed by atoms with Crippen molar-refractivity contribution in [1.82, 2.24) is 15.0 Å². The molecule has 23 heavy (non-hydrogen) atoms. The smallest absolute Gasteiger partial charge is 0.295 e. The number of nitrogen functional groups attached to an aromatic ring is 3. The normalized spacial score (nSPS) is 10.8. The molecule has 0 aliphatic carbocycles. The van der Waals surface area contributed by atoms with E-state index in [1.807, 2.05) is 6.07 Å². The first-order valence-electron chi connectivity index (χ1n) is 6.25. The molecule has 0 bridgehead atoms. The van der Waals surface area contributed by atoms with E-state index in [2.05, 4.69) is 15.0 Å². The molecule has 0 saturated carbocycles. The predicted molar refractivity (Wildman–Crippen MR) is 86.8 cm³/mol. The molecule has 0 amide bonds. The summed E-state index contributed by atoms with van der Waals surface area (Å²) in [4.78, 5) is 10.4. The molecule has 0 spiro atoms. The van der Waals surface area contributed by atoms with E-state index in [1.54, 1.807) is 30.3 Å². The molecule has 1 heterocycles. The Bertz CT molecular complexity index is 890. The third kappa shape index (κ3) is 4.25. The zero-order valence-corrected chi connectivity index (χ0v) is 12.6. The Kier molecular flexibility index (Phi) is 4.57. The number of nitrogens with zero attached hydrogens (tertiary/aromatic N) is 3. The van der Waals surface area contributed by atoms with Crippen molar-refractivity contribution in [1.29, 1.82) is 0 Å². The molecule has 0 saturated heterocycles. The molecule has 3 rings (SSSR count). The summed E-state index contributed by atoms with van der Waals surface area (Å²) in [6.45, 7) is 0. The number of fused-ring (bicyclic) bond motifs is 1. The van der Waals surface area contributed by atoms with E-state index in [-0.39, 0.29) is 22.7 Å². The average Bonchev–Trinajstić information content (AvgIpc) is 2.45. The zero-order valence-electron chi connectivity index (χ0n) is 11.8. The number of nitrogens with two attached hydrogens (primary N) is 3.